The van der Waals surface area contributed by atoms with Crippen molar-refractivity contribution in [1.29, 1.82) is 0 Å². The Kier molecular flexibility index (Phi) is 1.60. The number of carboxylic acids is 1. The maximum absolute atomic E-state index is 10.6. The van der Waals surface area contributed by atoms with Crippen LogP contribution in [0.2, 0.25) is 0 Å². The van der Waals surface area contributed by atoms with Gasteiger partial charge in [0, 0.05) is 0 Å². The van der Waals surface area contributed by atoms with Crippen molar-refractivity contribution in [2.24, 2.45) is 17.8 Å². The van der Waals surface area contributed by atoms with Crippen molar-refractivity contribution in [3.05, 3.63) is 0 Å². The number of rotatable bonds is 1. The first-order valence-electron chi connectivity index (χ1n) is 4.24. The molecule has 2 fully saturated rings. The number of hydrogen-bond donors (Lipinski definition) is 2. The Labute approximate surface area is 65.8 Å². The first-order valence-corrected chi connectivity index (χ1v) is 4.24. The Balaban J connectivity index is 1.96. The fraction of sp³-hybridized carbons (Fsp3) is 0.875. The third-order valence-corrected chi connectivity index (χ3v) is 2.93. The van der Waals surface area contributed by atoms with Crippen molar-refractivity contribution < 1.29 is 9.90 Å². The van der Waals surface area contributed by atoms with E-state index < -0.39 is 5.97 Å². The second-order valence-electron chi connectivity index (χ2n) is 3.52. The summed E-state index contributed by atoms with van der Waals surface area (Å²) in [5, 5.41) is 12.0. The summed E-state index contributed by atoms with van der Waals surface area (Å²) in [6.07, 6.45) is 2.11. The fourth-order valence-corrected chi connectivity index (χ4v) is 2.26. The lowest BCUT2D eigenvalue weighted by Crippen LogP contribution is -2.17. The van der Waals surface area contributed by atoms with Crippen molar-refractivity contribution >= 4 is 5.97 Å². The van der Waals surface area contributed by atoms with E-state index in [0.717, 1.165) is 25.9 Å². The predicted molar refractivity (Wildman–Crippen MR) is 40.2 cm³/mol. The molecule has 2 rings (SSSR count). The van der Waals surface area contributed by atoms with Crippen LogP contribution in [0.15, 0.2) is 0 Å². The van der Waals surface area contributed by atoms with Crippen LogP contribution in [0.1, 0.15) is 12.8 Å². The minimum absolute atomic E-state index is 0.00269. The molecule has 11 heavy (non-hydrogen) atoms. The molecule has 3 atom stereocenters. The number of carboxylic acid groups (broad SMARTS) is 1. The standard InChI is InChI=1S/C8H13NO2/c10-8(11)7-5-1-3-9-4-2-6(5)7/h5-7,9H,1-4H2,(H,10,11)/t5-,6+,7?. The Hall–Kier alpha value is -0.570. The van der Waals surface area contributed by atoms with Gasteiger partial charge in [0.25, 0.3) is 0 Å². The summed E-state index contributed by atoms with van der Waals surface area (Å²) in [6, 6.07) is 0. The molecule has 3 heteroatoms. The van der Waals surface area contributed by atoms with E-state index in [9.17, 15) is 4.79 Å². The summed E-state index contributed by atoms with van der Waals surface area (Å²) in [5.41, 5.74) is 0. The van der Waals surface area contributed by atoms with Crippen molar-refractivity contribution in [3.8, 4) is 0 Å². The summed E-state index contributed by atoms with van der Waals surface area (Å²) in [7, 11) is 0. The zero-order chi connectivity index (χ0) is 7.84. The first kappa shape index (κ1) is 7.10. The van der Waals surface area contributed by atoms with E-state index in [1.54, 1.807) is 0 Å². The molecule has 62 valence electrons. The van der Waals surface area contributed by atoms with Gasteiger partial charge in [-0.2, -0.15) is 0 Å². The number of carbonyl (C=O) groups is 1. The van der Waals surface area contributed by atoms with Crippen molar-refractivity contribution in [3.63, 3.8) is 0 Å². The summed E-state index contributed by atoms with van der Waals surface area (Å²) in [5.74, 6) is 0.393. The Morgan fingerprint density at radius 2 is 1.82 bits per heavy atom. The first-order chi connectivity index (χ1) is 5.30. The molecular formula is C8H13NO2. The van der Waals surface area contributed by atoms with Gasteiger partial charge in [-0.15, -0.1) is 0 Å². The maximum Gasteiger partial charge on any atom is 0.307 e. The van der Waals surface area contributed by atoms with Crippen LogP contribution in [-0.2, 0) is 4.79 Å². The van der Waals surface area contributed by atoms with Gasteiger partial charge in [0.05, 0.1) is 5.92 Å². The molecule has 1 saturated heterocycles. The molecule has 0 spiro atoms. The average Bonchev–Trinajstić information content (AvgIpc) is 2.57. The number of nitrogens with one attached hydrogen (secondary N) is 1. The molecule has 1 aliphatic heterocycles. The van der Waals surface area contributed by atoms with Gasteiger partial charge in [0.15, 0.2) is 0 Å². The smallest absolute Gasteiger partial charge is 0.307 e. The van der Waals surface area contributed by atoms with Crippen molar-refractivity contribution in [2.45, 2.75) is 12.8 Å². The van der Waals surface area contributed by atoms with Crippen LogP contribution in [0, 0.1) is 17.8 Å². The zero-order valence-corrected chi connectivity index (χ0v) is 6.42. The summed E-state index contributed by atoms with van der Waals surface area (Å²) in [6.45, 7) is 2.01. The molecule has 1 unspecified atom stereocenters. The van der Waals surface area contributed by atoms with E-state index in [2.05, 4.69) is 5.32 Å². The Morgan fingerprint density at radius 1 is 1.27 bits per heavy atom. The molecule has 1 aliphatic carbocycles. The molecule has 0 bridgehead atoms. The molecule has 0 radical (unpaired) electrons. The SMILES string of the molecule is O=C(O)C1[C@H]2CCNCC[C@@H]12. The van der Waals surface area contributed by atoms with Gasteiger partial charge in [-0.25, -0.2) is 0 Å². The van der Waals surface area contributed by atoms with Gasteiger partial charge in [-0.05, 0) is 37.8 Å². The molecule has 2 aliphatic rings. The van der Waals surface area contributed by atoms with Gasteiger partial charge >= 0.3 is 5.97 Å². The summed E-state index contributed by atoms with van der Waals surface area (Å²) in [4.78, 5) is 10.6. The lowest BCUT2D eigenvalue weighted by Gasteiger charge is -1.99. The predicted octanol–water partition coefficient (Wildman–Crippen LogP) is 0.317. The Bertz CT molecular complexity index is 169. The second-order valence-corrected chi connectivity index (χ2v) is 3.52. The third kappa shape index (κ3) is 1.13. The van der Waals surface area contributed by atoms with E-state index in [0.29, 0.717) is 11.8 Å². The second kappa shape index (κ2) is 2.48. The van der Waals surface area contributed by atoms with E-state index in [4.69, 9.17) is 5.11 Å². The fourth-order valence-electron chi connectivity index (χ4n) is 2.26. The largest absolute Gasteiger partial charge is 0.481 e. The molecule has 0 aromatic rings. The summed E-state index contributed by atoms with van der Waals surface area (Å²) >= 11 is 0. The molecule has 1 saturated carbocycles. The minimum Gasteiger partial charge on any atom is -0.481 e. The summed E-state index contributed by atoms with van der Waals surface area (Å²) < 4.78 is 0. The molecule has 3 nitrogen and oxygen atoms in total. The number of fused-ring (bicyclic) bond motifs is 1. The monoisotopic (exact) mass is 155 g/mol. The normalized spacial score (nSPS) is 42.4. The van der Waals surface area contributed by atoms with Crippen LogP contribution >= 0.6 is 0 Å². The van der Waals surface area contributed by atoms with Crippen LogP contribution in [0.4, 0.5) is 0 Å². The van der Waals surface area contributed by atoms with Crippen molar-refractivity contribution in [1.82, 2.24) is 5.32 Å². The quantitative estimate of drug-likeness (QED) is 0.573. The van der Waals surface area contributed by atoms with Crippen molar-refractivity contribution in [2.75, 3.05) is 13.1 Å². The van der Waals surface area contributed by atoms with Gasteiger partial charge < -0.3 is 10.4 Å². The van der Waals surface area contributed by atoms with E-state index >= 15 is 0 Å². The minimum atomic E-state index is -0.582. The van der Waals surface area contributed by atoms with Crippen LogP contribution in [0.25, 0.3) is 0 Å². The zero-order valence-electron chi connectivity index (χ0n) is 6.42. The average molecular weight is 155 g/mol. The van der Waals surface area contributed by atoms with E-state index in [1.807, 2.05) is 0 Å². The van der Waals surface area contributed by atoms with E-state index in [1.165, 1.54) is 0 Å². The van der Waals surface area contributed by atoms with Crippen LogP contribution in [-0.4, -0.2) is 24.2 Å². The molecule has 0 aromatic heterocycles. The maximum atomic E-state index is 10.6. The van der Waals surface area contributed by atoms with E-state index in [-0.39, 0.29) is 5.92 Å². The highest BCUT2D eigenvalue weighted by molar-refractivity contribution is 5.74. The molecule has 0 aromatic carbocycles. The highest BCUT2D eigenvalue weighted by atomic mass is 16.4. The van der Waals surface area contributed by atoms with Crippen LogP contribution < -0.4 is 5.32 Å². The third-order valence-electron chi connectivity index (χ3n) is 2.93. The molecular weight excluding hydrogens is 142 g/mol. The van der Waals surface area contributed by atoms with Gasteiger partial charge in [0.2, 0.25) is 0 Å². The van der Waals surface area contributed by atoms with Crippen LogP contribution in [0.5, 0.6) is 0 Å². The highest BCUT2D eigenvalue weighted by Crippen LogP contribution is 2.51. The number of hydrogen-bond acceptors (Lipinski definition) is 2. The van der Waals surface area contributed by atoms with Gasteiger partial charge in [-0.1, -0.05) is 0 Å². The van der Waals surface area contributed by atoms with Gasteiger partial charge in [0.1, 0.15) is 0 Å². The topological polar surface area (TPSA) is 49.3 Å². The highest BCUT2D eigenvalue weighted by Gasteiger charge is 2.54. The molecule has 2 N–H and O–H groups in total. The number of aliphatic carboxylic acids is 1. The molecule has 0 amide bonds. The lowest BCUT2D eigenvalue weighted by atomic mass is 10.2. The van der Waals surface area contributed by atoms with Gasteiger partial charge in [-0.3, -0.25) is 4.79 Å². The molecule has 1 heterocycles. The Morgan fingerprint density at radius 3 is 2.27 bits per heavy atom. The lowest BCUT2D eigenvalue weighted by molar-refractivity contribution is -0.139. The van der Waals surface area contributed by atoms with Crippen LogP contribution in [0.3, 0.4) is 0 Å².